The van der Waals surface area contributed by atoms with Crippen molar-refractivity contribution >= 4 is 11.3 Å². The van der Waals surface area contributed by atoms with Crippen LogP contribution < -0.4 is 5.73 Å². The molecule has 2 rings (SSSR count). The van der Waals surface area contributed by atoms with Gasteiger partial charge in [0.1, 0.15) is 11.5 Å². The van der Waals surface area contributed by atoms with Crippen LogP contribution in [0.5, 0.6) is 0 Å². The zero-order valence-electron chi connectivity index (χ0n) is 10.1. The van der Waals surface area contributed by atoms with Gasteiger partial charge in [0.05, 0.1) is 6.04 Å². The second-order valence-electron chi connectivity index (χ2n) is 4.18. The number of nitrogens with two attached hydrogens (primary N) is 1. The average molecular weight is 235 g/mol. The van der Waals surface area contributed by atoms with E-state index in [9.17, 15) is 0 Å². The summed E-state index contributed by atoms with van der Waals surface area (Å²) < 4.78 is 5.62. The van der Waals surface area contributed by atoms with Crippen molar-refractivity contribution in [1.82, 2.24) is 0 Å². The first-order valence-electron chi connectivity index (χ1n) is 5.39. The maximum atomic E-state index is 6.30. The second kappa shape index (κ2) is 4.07. The molecule has 1 unspecified atom stereocenters. The SMILES string of the molecule is Cc1ccc(C(N)c2c(C)oc(C)c2C)s1. The molecule has 0 radical (unpaired) electrons. The van der Waals surface area contributed by atoms with Gasteiger partial charge in [-0.05, 0) is 45.4 Å². The molecular formula is C13H17NOS. The zero-order chi connectivity index (χ0) is 11.9. The smallest absolute Gasteiger partial charge is 0.106 e. The average Bonchev–Trinajstić information content (AvgIpc) is 2.73. The fraction of sp³-hybridized carbons (Fsp3) is 0.385. The molecule has 0 saturated heterocycles. The van der Waals surface area contributed by atoms with Gasteiger partial charge in [-0.3, -0.25) is 0 Å². The summed E-state index contributed by atoms with van der Waals surface area (Å²) in [5.41, 5.74) is 8.61. The van der Waals surface area contributed by atoms with E-state index in [0.29, 0.717) is 0 Å². The van der Waals surface area contributed by atoms with E-state index in [-0.39, 0.29) is 6.04 Å². The molecule has 2 N–H and O–H groups in total. The molecule has 0 spiro atoms. The van der Waals surface area contributed by atoms with E-state index in [0.717, 1.165) is 17.1 Å². The lowest BCUT2D eigenvalue weighted by Gasteiger charge is -2.09. The van der Waals surface area contributed by atoms with Crippen molar-refractivity contribution in [3.05, 3.63) is 44.5 Å². The molecule has 3 heteroatoms. The topological polar surface area (TPSA) is 39.2 Å². The Morgan fingerprint density at radius 2 is 1.81 bits per heavy atom. The van der Waals surface area contributed by atoms with E-state index in [1.54, 1.807) is 11.3 Å². The fourth-order valence-electron chi connectivity index (χ4n) is 2.03. The fourth-order valence-corrected chi connectivity index (χ4v) is 2.92. The standard InChI is InChI=1S/C13H17NOS/c1-7-5-6-11(16-7)13(14)12-8(2)9(3)15-10(12)4/h5-6,13H,14H2,1-4H3. The van der Waals surface area contributed by atoms with Crippen molar-refractivity contribution in [3.8, 4) is 0 Å². The van der Waals surface area contributed by atoms with Crippen molar-refractivity contribution in [2.75, 3.05) is 0 Å². The van der Waals surface area contributed by atoms with E-state index in [1.165, 1.54) is 15.3 Å². The summed E-state index contributed by atoms with van der Waals surface area (Å²) >= 11 is 1.75. The Morgan fingerprint density at radius 1 is 1.12 bits per heavy atom. The van der Waals surface area contributed by atoms with Crippen LogP contribution in [-0.4, -0.2) is 0 Å². The Bertz CT molecular complexity index is 510. The minimum Gasteiger partial charge on any atom is -0.466 e. The number of aryl methyl sites for hydroxylation is 3. The van der Waals surface area contributed by atoms with Gasteiger partial charge in [0.2, 0.25) is 0 Å². The van der Waals surface area contributed by atoms with Gasteiger partial charge in [-0.1, -0.05) is 0 Å². The van der Waals surface area contributed by atoms with Crippen molar-refractivity contribution in [3.63, 3.8) is 0 Å². The van der Waals surface area contributed by atoms with E-state index >= 15 is 0 Å². The highest BCUT2D eigenvalue weighted by Crippen LogP contribution is 2.32. The molecule has 0 aliphatic rings. The van der Waals surface area contributed by atoms with Crippen LogP contribution in [0.4, 0.5) is 0 Å². The monoisotopic (exact) mass is 235 g/mol. The normalized spacial score (nSPS) is 13.1. The summed E-state index contributed by atoms with van der Waals surface area (Å²) in [6, 6.07) is 4.15. The minimum atomic E-state index is -0.0591. The molecule has 1 atom stereocenters. The number of furan rings is 1. The van der Waals surface area contributed by atoms with E-state index in [1.807, 2.05) is 13.8 Å². The summed E-state index contributed by atoms with van der Waals surface area (Å²) in [6.45, 7) is 8.14. The molecular weight excluding hydrogens is 218 g/mol. The first-order valence-corrected chi connectivity index (χ1v) is 6.20. The van der Waals surface area contributed by atoms with Crippen LogP contribution in [0.3, 0.4) is 0 Å². The highest BCUT2D eigenvalue weighted by atomic mass is 32.1. The van der Waals surface area contributed by atoms with Gasteiger partial charge in [0, 0.05) is 15.3 Å². The third kappa shape index (κ3) is 1.81. The Labute approximate surface area is 100 Å². The molecule has 0 saturated carbocycles. The maximum Gasteiger partial charge on any atom is 0.106 e. The van der Waals surface area contributed by atoms with Crippen LogP contribution >= 0.6 is 11.3 Å². The number of thiophene rings is 1. The highest BCUT2D eigenvalue weighted by molar-refractivity contribution is 7.12. The van der Waals surface area contributed by atoms with Crippen molar-refractivity contribution in [2.24, 2.45) is 5.73 Å². The zero-order valence-corrected chi connectivity index (χ0v) is 10.9. The largest absolute Gasteiger partial charge is 0.466 e. The predicted molar refractivity (Wildman–Crippen MR) is 68.0 cm³/mol. The van der Waals surface area contributed by atoms with Gasteiger partial charge in [0.15, 0.2) is 0 Å². The summed E-state index contributed by atoms with van der Waals surface area (Å²) in [5.74, 6) is 1.91. The molecule has 2 aromatic rings. The van der Waals surface area contributed by atoms with Gasteiger partial charge >= 0.3 is 0 Å². The molecule has 86 valence electrons. The van der Waals surface area contributed by atoms with Crippen LogP contribution in [0.1, 0.15) is 38.4 Å². The Hall–Kier alpha value is -1.06. The molecule has 0 aliphatic heterocycles. The van der Waals surface area contributed by atoms with Crippen LogP contribution in [0.25, 0.3) is 0 Å². The van der Waals surface area contributed by atoms with Gasteiger partial charge in [-0.15, -0.1) is 11.3 Å². The lowest BCUT2D eigenvalue weighted by molar-refractivity contribution is 0.498. The number of hydrogen-bond acceptors (Lipinski definition) is 3. The van der Waals surface area contributed by atoms with Gasteiger partial charge in [-0.25, -0.2) is 0 Å². The lowest BCUT2D eigenvalue weighted by Crippen LogP contribution is -2.11. The van der Waals surface area contributed by atoms with Crippen molar-refractivity contribution in [2.45, 2.75) is 33.7 Å². The first kappa shape index (κ1) is 11.4. The molecule has 2 heterocycles. The molecule has 0 fully saturated rings. The Kier molecular flexibility index (Phi) is 2.91. The molecule has 2 aromatic heterocycles. The summed E-state index contributed by atoms with van der Waals surface area (Å²) in [4.78, 5) is 2.49. The molecule has 0 aliphatic carbocycles. The molecule has 0 bridgehead atoms. The molecule has 0 aromatic carbocycles. The predicted octanol–water partition coefficient (Wildman–Crippen LogP) is 3.62. The maximum absolute atomic E-state index is 6.30. The van der Waals surface area contributed by atoms with E-state index in [4.69, 9.17) is 10.2 Å². The van der Waals surface area contributed by atoms with Crippen LogP contribution in [0.2, 0.25) is 0 Å². The number of hydrogen-bond donors (Lipinski definition) is 1. The number of rotatable bonds is 2. The van der Waals surface area contributed by atoms with Gasteiger partial charge < -0.3 is 10.2 Å². The van der Waals surface area contributed by atoms with Crippen molar-refractivity contribution in [1.29, 1.82) is 0 Å². The molecule has 2 nitrogen and oxygen atoms in total. The van der Waals surface area contributed by atoms with Crippen LogP contribution in [0.15, 0.2) is 16.5 Å². The first-order chi connectivity index (χ1) is 7.50. The Balaban J connectivity index is 2.44. The summed E-state index contributed by atoms with van der Waals surface area (Å²) in [7, 11) is 0. The van der Waals surface area contributed by atoms with Crippen molar-refractivity contribution < 1.29 is 4.42 Å². The highest BCUT2D eigenvalue weighted by Gasteiger charge is 2.20. The Morgan fingerprint density at radius 3 is 2.25 bits per heavy atom. The minimum absolute atomic E-state index is 0.0591. The van der Waals surface area contributed by atoms with Gasteiger partial charge in [-0.2, -0.15) is 0 Å². The molecule has 0 amide bonds. The summed E-state index contributed by atoms with van der Waals surface area (Å²) in [6.07, 6.45) is 0. The van der Waals surface area contributed by atoms with Crippen LogP contribution in [-0.2, 0) is 0 Å². The quantitative estimate of drug-likeness (QED) is 0.863. The lowest BCUT2D eigenvalue weighted by atomic mass is 10.0. The van der Waals surface area contributed by atoms with Gasteiger partial charge in [0.25, 0.3) is 0 Å². The third-order valence-electron chi connectivity index (χ3n) is 3.00. The van der Waals surface area contributed by atoms with Crippen LogP contribution in [0, 0.1) is 27.7 Å². The summed E-state index contributed by atoms with van der Waals surface area (Å²) in [5, 5.41) is 0. The van der Waals surface area contributed by atoms with E-state index < -0.39 is 0 Å². The second-order valence-corrected chi connectivity index (χ2v) is 5.50. The van der Waals surface area contributed by atoms with E-state index in [2.05, 4.69) is 26.0 Å². The third-order valence-corrected chi connectivity index (χ3v) is 4.08. The molecule has 16 heavy (non-hydrogen) atoms.